The van der Waals surface area contributed by atoms with E-state index in [2.05, 4.69) is 4.90 Å². The average Bonchev–Trinajstić information content (AvgIpc) is 3.14. The predicted molar refractivity (Wildman–Crippen MR) is 177 cm³/mol. The highest BCUT2D eigenvalue weighted by Crippen LogP contribution is 2.47. The zero-order valence-corrected chi connectivity index (χ0v) is 27.9. The van der Waals surface area contributed by atoms with Crippen molar-refractivity contribution in [1.29, 1.82) is 0 Å². The zero-order chi connectivity index (χ0) is 32.3. The molecular weight excluding hydrogens is 582 g/mol. The Balaban J connectivity index is 1.18. The number of hydrogen-bond acceptors (Lipinski definition) is 7. The van der Waals surface area contributed by atoms with Gasteiger partial charge in [-0.15, -0.1) is 0 Å². The Morgan fingerprint density at radius 3 is 2.17 bits per heavy atom. The Bertz CT molecular complexity index is 1510. The second-order valence-electron chi connectivity index (χ2n) is 15.9. The van der Waals surface area contributed by atoms with Crippen LogP contribution in [0.3, 0.4) is 0 Å². The monoisotopic (exact) mass is 633 g/mol. The van der Waals surface area contributed by atoms with Crippen molar-refractivity contribution in [2.24, 2.45) is 11.8 Å². The fourth-order valence-corrected chi connectivity index (χ4v) is 9.80. The summed E-state index contributed by atoms with van der Waals surface area (Å²) >= 11 is 0. The maximum Gasteiger partial charge on any atom is 0.410 e. The lowest BCUT2D eigenvalue weighted by Crippen LogP contribution is -2.71. The number of hydrogen-bond donors (Lipinski definition) is 1. The Hall–Kier alpha value is -3.14. The number of anilines is 1. The van der Waals surface area contributed by atoms with Crippen LogP contribution in [0.25, 0.3) is 11.0 Å². The van der Waals surface area contributed by atoms with Crippen molar-refractivity contribution in [3.05, 3.63) is 34.6 Å². The number of benzene rings is 1. The Kier molecular flexibility index (Phi) is 8.31. The van der Waals surface area contributed by atoms with E-state index in [0.717, 1.165) is 30.2 Å². The molecule has 3 saturated heterocycles. The molecule has 5 aliphatic rings. The molecule has 10 heteroatoms. The molecule has 7 rings (SSSR count). The van der Waals surface area contributed by atoms with Gasteiger partial charge in [0, 0.05) is 37.8 Å². The van der Waals surface area contributed by atoms with Gasteiger partial charge in [-0.25, -0.2) is 14.6 Å². The van der Waals surface area contributed by atoms with Gasteiger partial charge in [0.1, 0.15) is 5.60 Å². The second-order valence-corrected chi connectivity index (χ2v) is 15.9. The molecule has 2 aliphatic carbocycles. The number of fused-ring (bicyclic) bond motifs is 5. The van der Waals surface area contributed by atoms with Gasteiger partial charge in [0.05, 0.1) is 17.1 Å². The molecule has 250 valence electrons. The summed E-state index contributed by atoms with van der Waals surface area (Å²) in [5.74, 6) is 0.805. The van der Waals surface area contributed by atoms with Gasteiger partial charge in [-0.2, -0.15) is 0 Å². The minimum atomic E-state index is -1.09. The van der Waals surface area contributed by atoms with Crippen LogP contribution in [0.2, 0.25) is 0 Å². The third-order valence-corrected chi connectivity index (χ3v) is 11.7. The third kappa shape index (κ3) is 5.79. The third-order valence-electron chi connectivity index (χ3n) is 11.7. The lowest BCUT2D eigenvalue weighted by molar-refractivity contribution is -0.142. The van der Waals surface area contributed by atoms with E-state index in [0.29, 0.717) is 23.6 Å². The van der Waals surface area contributed by atoms with Crippen LogP contribution in [-0.2, 0) is 9.53 Å². The summed E-state index contributed by atoms with van der Waals surface area (Å²) in [6.07, 6.45) is 14.5. The molecule has 2 saturated carbocycles. The lowest BCUT2D eigenvalue weighted by atomic mass is 9.73. The maximum atomic E-state index is 14.5. The van der Waals surface area contributed by atoms with Crippen molar-refractivity contribution in [2.45, 2.75) is 140 Å². The Labute approximate surface area is 272 Å². The van der Waals surface area contributed by atoms with E-state index in [1.54, 1.807) is 32.7 Å². The molecule has 1 aromatic heterocycles. The number of ether oxygens (including phenoxy) is 1. The molecule has 46 heavy (non-hydrogen) atoms. The van der Waals surface area contributed by atoms with Crippen molar-refractivity contribution in [3.63, 3.8) is 0 Å². The number of nitrogens with zero attached hydrogens (tertiary/aromatic N) is 5. The molecule has 1 amide bonds. The average molecular weight is 634 g/mol. The summed E-state index contributed by atoms with van der Waals surface area (Å²) in [6, 6.07) is 7.64. The zero-order valence-electron chi connectivity index (χ0n) is 27.9. The van der Waals surface area contributed by atoms with Crippen LogP contribution in [0.1, 0.15) is 104 Å². The van der Waals surface area contributed by atoms with Crippen molar-refractivity contribution < 1.29 is 19.4 Å². The first-order chi connectivity index (χ1) is 22.0. The van der Waals surface area contributed by atoms with Gasteiger partial charge in [0.2, 0.25) is 0 Å². The number of likely N-dealkylation sites (N-methyl/N-ethyl adjacent to an activating group) is 1. The summed E-state index contributed by atoms with van der Waals surface area (Å²) in [7, 11) is 1.56. The van der Waals surface area contributed by atoms with Crippen LogP contribution in [0.5, 0.6) is 0 Å². The number of piperidine rings is 2. The molecule has 4 bridgehead atoms. The molecule has 3 aliphatic heterocycles. The first-order valence-corrected chi connectivity index (χ1v) is 17.7. The quantitative estimate of drug-likeness (QED) is 0.439. The lowest BCUT2D eigenvalue weighted by Gasteiger charge is -2.54. The van der Waals surface area contributed by atoms with Crippen LogP contribution in [0.4, 0.5) is 10.6 Å². The topological polar surface area (TPSA) is 108 Å². The summed E-state index contributed by atoms with van der Waals surface area (Å²) < 4.78 is 7.46. The maximum absolute atomic E-state index is 14.5. The number of rotatable bonds is 5. The number of amides is 1. The van der Waals surface area contributed by atoms with Gasteiger partial charge in [-0.3, -0.25) is 9.69 Å². The summed E-state index contributed by atoms with van der Waals surface area (Å²) in [6.45, 7) is 5.54. The summed E-state index contributed by atoms with van der Waals surface area (Å²) in [5, 5.41) is 10.3. The van der Waals surface area contributed by atoms with Gasteiger partial charge >= 0.3 is 12.1 Å². The van der Waals surface area contributed by atoms with Crippen molar-refractivity contribution in [2.75, 3.05) is 18.5 Å². The van der Waals surface area contributed by atoms with Crippen molar-refractivity contribution in [1.82, 2.24) is 19.4 Å². The second kappa shape index (κ2) is 12.1. The number of carboxylic acid groups (broad SMARTS) is 1. The van der Waals surface area contributed by atoms with Gasteiger partial charge in [-0.1, -0.05) is 44.2 Å². The van der Waals surface area contributed by atoms with Crippen molar-refractivity contribution >= 4 is 28.9 Å². The van der Waals surface area contributed by atoms with E-state index in [1.807, 2.05) is 28.8 Å². The highest BCUT2D eigenvalue weighted by atomic mass is 16.6. The molecule has 0 radical (unpaired) electrons. The fourth-order valence-electron chi connectivity index (χ4n) is 9.80. The molecule has 7 atom stereocenters. The highest BCUT2D eigenvalue weighted by molar-refractivity contribution is 5.84. The number of carbonyl (C=O) groups excluding carboxylic acids is 1. The van der Waals surface area contributed by atoms with E-state index < -0.39 is 29.7 Å². The normalized spacial score (nSPS) is 33.2. The van der Waals surface area contributed by atoms with Crippen LogP contribution < -0.4 is 10.5 Å². The first kappa shape index (κ1) is 31.5. The molecule has 10 nitrogen and oxygen atoms in total. The Morgan fingerprint density at radius 1 is 0.891 bits per heavy atom. The molecule has 0 spiro atoms. The molecule has 1 N–H and O–H groups in total. The van der Waals surface area contributed by atoms with Gasteiger partial charge in [-0.05, 0) is 89.7 Å². The smallest absolute Gasteiger partial charge is 0.410 e. The molecule has 3 unspecified atom stereocenters. The molecule has 2 aromatic rings. The van der Waals surface area contributed by atoms with Crippen LogP contribution in [0, 0.1) is 11.8 Å². The first-order valence-electron chi connectivity index (χ1n) is 17.7. The minimum Gasteiger partial charge on any atom is -0.480 e. The number of carboxylic acids is 1. The van der Waals surface area contributed by atoms with Crippen molar-refractivity contribution in [3.8, 4) is 0 Å². The van der Waals surface area contributed by atoms with E-state index >= 15 is 0 Å². The number of carbonyl (C=O) groups is 2. The highest BCUT2D eigenvalue weighted by Gasteiger charge is 2.51. The standard InChI is InChI=1S/C36H51N5O5/c1-36(2,3)46-35(45)38(4)30-21-39(31(30)34(43)44)32-33(42)41(29-15-8-7-14-28(29)37-32)27-19-24-12-9-13-25(20-27)40(24)26-17-22-10-5-6-11-23(16-22)18-26/h7-8,14-15,22-27,30-31H,5-6,9-13,16-21H2,1-4H3,(H,43,44)/t22?,23?,24-,25+,26?,27?,30-,31+/m1/s1. The summed E-state index contributed by atoms with van der Waals surface area (Å²) in [4.78, 5) is 50.5. The fraction of sp³-hybridized carbons (Fsp3) is 0.722. The summed E-state index contributed by atoms with van der Waals surface area (Å²) in [5.41, 5.74) is 0.563. The molecule has 4 heterocycles. The minimum absolute atomic E-state index is 0.0290. The van der Waals surface area contributed by atoms with Crippen LogP contribution >= 0.6 is 0 Å². The van der Waals surface area contributed by atoms with E-state index in [1.165, 1.54) is 69.1 Å². The van der Waals surface area contributed by atoms with Gasteiger partial charge in [0.25, 0.3) is 5.56 Å². The molecule has 1 aromatic carbocycles. The van der Waals surface area contributed by atoms with Crippen LogP contribution in [0.15, 0.2) is 29.1 Å². The number of aromatic nitrogens is 2. The number of aliphatic carboxylic acids is 1. The SMILES string of the molecule is CN(C(=O)OC(C)(C)C)[C@@H]1CN(c2nc3ccccc3n(C3C[C@H]4CCC[C@@H](C3)N4C3CC4CCCCC(C4)C3)c2=O)[C@@H]1C(=O)O. The molecule has 5 fully saturated rings. The van der Waals surface area contributed by atoms with Gasteiger partial charge < -0.3 is 24.2 Å². The van der Waals surface area contributed by atoms with E-state index in [9.17, 15) is 19.5 Å². The largest absolute Gasteiger partial charge is 0.480 e. The number of para-hydroxylation sites is 2. The predicted octanol–water partition coefficient (Wildman–Crippen LogP) is 5.82. The van der Waals surface area contributed by atoms with Crippen LogP contribution in [-0.4, -0.2) is 85.9 Å². The van der Waals surface area contributed by atoms with E-state index in [-0.39, 0.29) is 24.0 Å². The Morgan fingerprint density at radius 2 is 1.54 bits per heavy atom. The van der Waals surface area contributed by atoms with E-state index in [4.69, 9.17) is 9.72 Å². The van der Waals surface area contributed by atoms with Gasteiger partial charge in [0.15, 0.2) is 11.9 Å². The molecular formula is C36H51N5O5.